The lowest BCUT2D eigenvalue weighted by Crippen LogP contribution is -2.15. The van der Waals surface area contributed by atoms with Crippen molar-refractivity contribution in [2.75, 3.05) is 17.2 Å². The summed E-state index contributed by atoms with van der Waals surface area (Å²) in [5, 5.41) is 10.3. The van der Waals surface area contributed by atoms with Crippen LogP contribution >= 0.6 is 0 Å². The van der Waals surface area contributed by atoms with Gasteiger partial charge in [0.15, 0.2) is 5.69 Å². The summed E-state index contributed by atoms with van der Waals surface area (Å²) in [6.07, 6.45) is 3.94. The highest BCUT2D eigenvalue weighted by molar-refractivity contribution is 6.02. The average molecular weight is 256 g/mol. The van der Waals surface area contributed by atoms with Crippen molar-refractivity contribution < 1.29 is 4.79 Å². The number of aromatic nitrogens is 2. The van der Waals surface area contributed by atoms with Crippen molar-refractivity contribution in [3.8, 4) is 0 Å². The van der Waals surface area contributed by atoms with E-state index in [0.717, 1.165) is 25.1 Å². The van der Waals surface area contributed by atoms with Gasteiger partial charge in [-0.25, -0.2) is 0 Å². The van der Waals surface area contributed by atoms with Crippen molar-refractivity contribution in [1.29, 1.82) is 0 Å². The van der Waals surface area contributed by atoms with E-state index in [1.165, 1.54) is 11.3 Å². The molecule has 0 aliphatic carbocycles. The van der Waals surface area contributed by atoms with Crippen molar-refractivity contribution >= 4 is 17.3 Å². The van der Waals surface area contributed by atoms with Gasteiger partial charge in [0.05, 0.1) is 0 Å². The lowest BCUT2D eigenvalue weighted by molar-refractivity contribution is 0.102. The van der Waals surface area contributed by atoms with Crippen molar-refractivity contribution in [2.45, 2.75) is 12.8 Å². The molecule has 1 amide bonds. The second kappa shape index (κ2) is 4.76. The highest BCUT2D eigenvalue weighted by Gasteiger charge is 2.12. The number of benzene rings is 1. The average Bonchev–Trinajstić information content (AvgIpc) is 2.85. The van der Waals surface area contributed by atoms with Crippen LogP contribution in [0.2, 0.25) is 0 Å². The fourth-order valence-corrected chi connectivity index (χ4v) is 2.28. The number of rotatable bonds is 2. The van der Waals surface area contributed by atoms with Crippen molar-refractivity contribution in [3.05, 3.63) is 41.7 Å². The van der Waals surface area contributed by atoms with Gasteiger partial charge < -0.3 is 10.6 Å². The van der Waals surface area contributed by atoms with Gasteiger partial charge in [-0.2, -0.15) is 5.10 Å². The zero-order valence-electron chi connectivity index (χ0n) is 10.8. The zero-order valence-corrected chi connectivity index (χ0v) is 10.8. The number of anilines is 2. The normalized spacial score (nSPS) is 13.5. The fraction of sp³-hybridized carbons (Fsp3) is 0.286. The number of nitrogens with one attached hydrogen (secondary N) is 2. The van der Waals surface area contributed by atoms with Gasteiger partial charge in [0.25, 0.3) is 5.91 Å². The maximum atomic E-state index is 12.0. The van der Waals surface area contributed by atoms with Crippen LogP contribution in [0.25, 0.3) is 0 Å². The SMILES string of the molecule is Cn1ccc(C(=O)Nc2ccc3c(c2)CCCN3)n1. The monoisotopic (exact) mass is 256 g/mol. The van der Waals surface area contributed by atoms with E-state index in [1.54, 1.807) is 24.0 Å². The summed E-state index contributed by atoms with van der Waals surface area (Å²) in [6.45, 7) is 1.02. The van der Waals surface area contributed by atoms with Crippen LogP contribution < -0.4 is 10.6 Å². The molecule has 98 valence electrons. The third kappa shape index (κ3) is 2.45. The Labute approximate surface area is 111 Å². The molecular formula is C14H16N4O. The van der Waals surface area contributed by atoms with Crippen LogP contribution in [0.1, 0.15) is 22.5 Å². The molecule has 0 radical (unpaired) electrons. The molecular weight excluding hydrogens is 240 g/mol. The topological polar surface area (TPSA) is 59.0 Å². The number of nitrogens with zero attached hydrogens (tertiary/aromatic N) is 2. The van der Waals surface area contributed by atoms with E-state index in [-0.39, 0.29) is 5.91 Å². The molecule has 3 rings (SSSR count). The standard InChI is InChI=1S/C14H16N4O/c1-18-8-6-13(17-18)14(19)16-11-4-5-12-10(9-11)3-2-7-15-12/h4-6,8-9,15H,2-3,7H2,1H3,(H,16,19). The number of fused-ring (bicyclic) bond motifs is 1. The van der Waals surface area contributed by atoms with Gasteiger partial charge in [-0.3, -0.25) is 9.48 Å². The van der Waals surface area contributed by atoms with Gasteiger partial charge in [-0.15, -0.1) is 0 Å². The van der Waals surface area contributed by atoms with Crippen molar-refractivity contribution in [1.82, 2.24) is 9.78 Å². The van der Waals surface area contributed by atoms with Crippen LogP contribution in [0.3, 0.4) is 0 Å². The van der Waals surface area contributed by atoms with E-state index in [0.29, 0.717) is 5.69 Å². The first-order valence-electron chi connectivity index (χ1n) is 6.40. The second-order valence-electron chi connectivity index (χ2n) is 4.73. The minimum absolute atomic E-state index is 0.177. The Morgan fingerprint density at radius 1 is 1.42 bits per heavy atom. The lowest BCUT2D eigenvalue weighted by Gasteiger charge is -2.18. The van der Waals surface area contributed by atoms with Crippen molar-refractivity contribution in [2.24, 2.45) is 7.05 Å². The van der Waals surface area contributed by atoms with Gasteiger partial charge in [0, 0.05) is 31.2 Å². The van der Waals surface area contributed by atoms with E-state index >= 15 is 0 Å². The first-order chi connectivity index (χ1) is 9.22. The Hall–Kier alpha value is -2.30. The molecule has 5 nitrogen and oxygen atoms in total. The van der Waals surface area contributed by atoms with Crippen LogP contribution in [-0.2, 0) is 13.5 Å². The number of hydrogen-bond acceptors (Lipinski definition) is 3. The predicted molar refractivity (Wildman–Crippen MR) is 74.4 cm³/mol. The maximum absolute atomic E-state index is 12.0. The van der Waals surface area contributed by atoms with Crippen LogP contribution in [0.4, 0.5) is 11.4 Å². The largest absolute Gasteiger partial charge is 0.385 e. The summed E-state index contributed by atoms with van der Waals surface area (Å²) in [5.41, 5.74) is 3.67. The third-order valence-electron chi connectivity index (χ3n) is 3.25. The number of carbonyl (C=O) groups excluding carboxylic acids is 1. The molecule has 19 heavy (non-hydrogen) atoms. The second-order valence-corrected chi connectivity index (χ2v) is 4.73. The quantitative estimate of drug-likeness (QED) is 0.864. The molecule has 0 bridgehead atoms. The van der Waals surface area contributed by atoms with Crippen molar-refractivity contribution in [3.63, 3.8) is 0 Å². The Balaban J connectivity index is 1.78. The van der Waals surface area contributed by atoms with E-state index in [4.69, 9.17) is 0 Å². The van der Waals surface area contributed by atoms with E-state index in [2.05, 4.69) is 15.7 Å². The zero-order chi connectivity index (χ0) is 13.2. The van der Waals surface area contributed by atoms with Crippen LogP contribution in [-0.4, -0.2) is 22.2 Å². The molecule has 1 aliphatic heterocycles. The van der Waals surface area contributed by atoms with Gasteiger partial charge in [-0.05, 0) is 42.7 Å². The van der Waals surface area contributed by atoms with Gasteiger partial charge in [-0.1, -0.05) is 0 Å². The smallest absolute Gasteiger partial charge is 0.276 e. The summed E-state index contributed by atoms with van der Waals surface area (Å²) < 4.78 is 1.62. The molecule has 1 aromatic heterocycles. The summed E-state index contributed by atoms with van der Waals surface area (Å²) in [5.74, 6) is -0.177. The first kappa shape index (κ1) is 11.8. The van der Waals surface area contributed by atoms with Gasteiger partial charge >= 0.3 is 0 Å². The number of aryl methyl sites for hydroxylation is 2. The fourth-order valence-electron chi connectivity index (χ4n) is 2.28. The van der Waals surface area contributed by atoms with E-state index in [9.17, 15) is 4.79 Å². The van der Waals surface area contributed by atoms with Gasteiger partial charge in [0.2, 0.25) is 0 Å². The molecule has 0 saturated carbocycles. The Kier molecular flexibility index (Phi) is 2.95. The Bertz CT molecular complexity index is 618. The summed E-state index contributed by atoms with van der Waals surface area (Å²) in [7, 11) is 1.79. The minimum Gasteiger partial charge on any atom is -0.385 e. The van der Waals surface area contributed by atoms with E-state index < -0.39 is 0 Å². The lowest BCUT2D eigenvalue weighted by atomic mass is 10.0. The van der Waals surface area contributed by atoms with Crippen LogP contribution in [0.5, 0.6) is 0 Å². The first-order valence-corrected chi connectivity index (χ1v) is 6.40. The Morgan fingerprint density at radius 3 is 3.11 bits per heavy atom. The Morgan fingerprint density at radius 2 is 2.32 bits per heavy atom. The molecule has 1 aliphatic rings. The highest BCUT2D eigenvalue weighted by atomic mass is 16.1. The van der Waals surface area contributed by atoms with E-state index in [1.807, 2.05) is 18.2 Å². The summed E-state index contributed by atoms with van der Waals surface area (Å²) in [6, 6.07) is 7.66. The highest BCUT2D eigenvalue weighted by Crippen LogP contribution is 2.25. The van der Waals surface area contributed by atoms with Gasteiger partial charge in [0.1, 0.15) is 0 Å². The summed E-state index contributed by atoms with van der Waals surface area (Å²) >= 11 is 0. The molecule has 5 heteroatoms. The van der Waals surface area contributed by atoms with Crippen LogP contribution in [0.15, 0.2) is 30.5 Å². The molecule has 0 saturated heterocycles. The number of carbonyl (C=O) groups is 1. The molecule has 2 heterocycles. The maximum Gasteiger partial charge on any atom is 0.276 e. The molecule has 0 spiro atoms. The molecule has 2 aromatic rings. The molecule has 1 aromatic carbocycles. The minimum atomic E-state index is -0.177. The molecule has 0 fully saturated rings. The van der Waals surface area contributed by atoms with Crippen LogP contribution in [0, 0.1) is 0 Å². The summed E-state index contributed by atoms with van der Waals surface area (Å²) in [4.78, 5) is 12.0. The molecule has 0 unspecified atom stereocenters. The number of amides is 1. The molecule has 0 atom stereocenters. The number of hydrogen-bond donors (Lipinski definition) is 2. The third-order valence-corrected chi connectivity index (χ3v) is 3.25. The predicted octanol–water partition coefficient (Wildman–Crippen LogP) is 2.03. The molecule has 2 N–H and O–H groups in total.